The highest BCUT2D eigenvalue weighted by Gasteiger charge is 2.17. The summed E-state index contributed by atoms with van der Waals surface area (Å²) in [6.45, 7) is -0.759. The molecule has 11 heavy (non-hydrogen) atoms. The van der Waals surface area contributed by atoms with Crippen molar-refractivity contribution in [3.8, 4) is 0 Å². The lowest BCUT2D eigenvalue weighted by atomic mass is 10.1. The van der Waals surface area contributed by atoms with Crippen LogP contribution in [0.15, 0.2) is 0 Å². The fraction of sp³-hybridized carbons (Fsp3) is 0.667. The number of aliphatic hydroxyl groups excluding tert-OH is 2. The Hall–Kier alpha value is -0.940. The van der Waals surface area contributed by atoms with Crippen LogP contribution in [0.5, 0.6) is 0 Å². The first-order chi connectivity index (χ1) is 5.11. The predicted octanol–water partition coefficient (Wildman–Crippen LogP) is -1.37. The molecule has 0 heterocycles. The average Bonchev–Trinajstić information content (AvgIpc) is 1.99. The molecule has 0 amide bonds. The highest BCUT2D eigenvalue weighted by atomic mass is 16.4. The van der Waals surface area contributed by atoms with E-state index in [0.29, 0.717) is 0 Å². The molecule has 0 saturated heterocycles. The van der Waals surface area contributed by atoms with Crippen molar-refractivity contribution in [3.63, 3.8) is 0 Å². The van der Waals surface area contributed by atoms with Crippen molar-refractivity contribution in [1.29, 1.82) is 0 Å². The minimum Gasteiger partial charge on any atom is -0.476 e. The molecule has 5 nitrogen and oxygen atoms in total. The third-order valence-corrected chi connectivity index (χ3v) is 1.23. The molecule has 64 valence electrons. The Morgan fingerprint density at radius 2 is 1.64 bits per heavy atom. The number of carbonyl (C=O) groups excluding carboxylic acids is 1. The van der Waals surface area contributed by atoms with Gasteiger partial charge in [0.05, 0.1) is 0 Å². The first-order valence-electron chi connectivity index (χ1n) is 3.09. The van der Waals surface area contributed by atoms with Crippen LogP contribution in [0, 0.1) is 5.92 Å². The van der Waals surface area contributed by atoms with Crippen LogP contribution < -0.4 is 0 Å². The second-order valence-electron chi connectivity index (χ2n) is 2.16. The largest absolute Gasteiger partial charge is 0.476 e. The number of aliphatic hydroxyl groups is 2. The van der Waals surface area contributed by atoms with Gasteiger partial charge in [-0.25, -0.2) is 4.79 Å². The van der Waals surface area contributed by atoms with Gasteiger partial charge in [-0.05, 0) is 0 Å². The lowest BCUT2D eigenvalue weighted by Crippen LogP contribution is -2.21. The number of aliphatic carboxylic acids is 1. The second kappa shape index (κ2) is 4.81. The fourth-order valence-corrected chi connectivity index (χ4v) is 0.536. The molecule has 0 fully saturated rings. The Morgan fingerprint density at radius 1 is 1.18 bits per heavy atom. The van der Waals surface area contributed by atoms with E-state index >= 15 is 0 Å². The zero-order chi connectivity index (χ0) is 8.85. The number of carboxylic acid groups (broad SMARTS) is 1. The summed E-state index contributed by atoms with van der Waals surface area (Å²) in [5.74, 6) is -3.17. The monoisotopic (exact) mass is 162 g/mol. The Bertz CT molecular complexity index is 149. The van der Waals surface area contributed by atoms with Crippen molar-refractivity contribution in [2.75, 3.05) is 13.2 Å². The zero-order valence-corrected chi connectivity index (χ0v) is 5.86. The lowest BCUT2D eigenvalue weighted by molar-refractivity contribution is -0.149. The normalized spacial score (nSPS) is 10.1. The summed E-state index contributed by atoms with van der Waals surface area (Å²) in [4.78, 5) is 20.4. The van der Waals surface area contributed by atoms with Gasteiger partial charge in [0, 0.05) is 25.6 Å². The van der Waals surface area contributed by atoms with Crippen LogP contribution in [0.4, 0.5) is 0 Å². The Kier molecular flexibility index (Phi) is 4.40. The molecular formula is C6H10O5. The Labute approximate surface area is 63.3 Å². The number of rotatable bonds is 5. The minimum atomic E-state index is -1.53. The summed E-state index contributed by atoms with van der Waals surface area (Å²) in [5.41, 5.74) is 0. The van der Waals surface area contributed by atoms with E-state index in [4.69, 9.17) is 15.3 Å². The van der Waals surface area contributed by atoms with Crippen molar-refractivity contribution in [3.05, 3.63) is 0 Å². The first-order valence-corrected chi connectivity index (χ1v) is 3.09. The molecule has 0 aliphatic carbocycles. The number of hydrogen-bond donors (Lipinski definition) is 3. The van der Waals surface area contributed by atoms with Crippen LogP contribution >= 0.6 is 0 Å². The quantitative estimate of drug-likeness (QED) is 0.433. The van der Waals surface area contributed by atoms with Gasteiger partial charge < -0.3 is 15.3 Å². The molecular weight excluding hydrogens is 152 g/mol. The highest BCUT2D eigenvalue weighted by Crippen LogP contribution is 2.00. The minimum absolute atomic E-state index is 0.317. The molecule has 0 aromatic rings. The molecule has 0 bridgehead atoms. The third kappa shape index (κ3) is 3.69. The Morgan fingerprint density at radius 3 is 1.91 bits per heavy atom. The zero-order valence-electron chi connectivity index (χ0n) is 5.86. The molecule has 0 saturated carbocycles. The highest BCUT2D eigenvalue weighted by molar-refractivity contribution is 6.32. The molecule has 0 radical (unpaired) electrons. The van der Waals surface area contributed by atoms with Crippen molar-refractivity contribution >= 4 is 11.8 Å². The number of carbonyl (C=O) groups is 2. The number of ketones is 1. The second-order valence-corrected chi connectivity index (χ2v) is 2.16. The van der Waals surface area contributed by atoms with Gasteiger partial charge >= 0.3 is 5.97 Å². The van der Waals surface area contributed by atoms with E-state index in [1.54, 1.807) is 0 Å². The predicted molar refractivity (Wildman–Crippen MR) is 34.9 cm³/mol. The smallest absolute Gasteiger partial charge is 0.372 e. The van der Waals surface area contributed by atoms with E-state index in [9.17, 15) is 9.59 Å². The molecule has 5 heteroatoms. The van der Waals surface area contributed by atoms with Gasteiger partial charge in [-0.15, -0.1) is 0 Å². The molecule has 0 aromatic carbocycles. The van der Waals surface area contributed by atoms with Gasteiger partial charge in [-0.1, -0.05) is 0 Å². The van der Waals surface area contributed by atoms with E-state index in [1.165, 1.54) is 0 Å². The maximum absolute atomic E-state index is 10.4. The maximum Gasteiger partial charge on any atom is 0.372 e. The summed E-state index contributed by atoms with van der Waals surface area (Å²) < 4.78 is 0. The van der Waals surface area contributed by atoms with E-state index in [2.05, 4.69) is 0 Å². The van der Waals surface area contributed by atoms with Crippen LogP contribution in [0.2, 0.25) is 0 Å². The van der Waals surface area contributed by atoms with Gasteiger partial charge in [0.15, 0.2) is 0 Å². The average molecular weight is 162 g/mol. The first kappa shape index (κ1) is 10.1. The van der Waals surface area contributed by atoms with Gasteiger partial charge in [0.25, 0.3) is 0 Å². The van der Waals surface area contributed by atoms with E-state index in [0.717, 1.165) is 0 Å². The molecule has 0 spiro atoms. The van der Waals surface area contributed by atoms with Gasteiger partial charge in [0.1, 0.15) is 0 Å². The van der Waals surface area contributed by atoms with E-state index in [1.807, 2.05) is 0 Å². The summed E-state index contributed by atoms with van der Waals surface area (Å²) in [6, 6.07) is 0. The molecule has 0 aromatic heterocycles. The van der Waals surface area contributed by atoms with Crippen LogP contribution in [0.3, 0.4) is 0 Å². The van der Waals surface area contributed by atoms with E-state index < -0.39 is 17.7 Å². The maximum atomic E-state index is 10.4. The molecule has 0 atom stereocenters. The molecule has 0 unspecified atom stereocenters. The van der Waals surface area contributed by atoms with E-state index in [-0.39, 0.29) is 19.6 Å². The summed E-state index contributed by atoms with van der Waals surface area (Å²) >= 11 is 0. The molecule has 3 N–H and O–H groups in total. The van der Waals surface area contributed by atoms with Crippen molar-refractivity contribution < 1.29 is 24.9 Å². The van der Waals surface area contributed by atoms with Crippen LogP contribution in [-0.2, 0) is 9.59 Å². The summed E-state index contributed by atoms with van der Waals surface area (Å²) in [7, 11) is 0. The Balaban J connectivity index is 3.81. The van der Waals surface area contributed by atoms with Gasteiger partial charge in [-0.3, -0.25) is 4.79 Å². The summed E-state index contributed by atoms with van der Waals surface area (Å²) in [5, 5.41) is 25.0. The number of Topliss-reactive ketones (excluding diaryl/α,β-unsaturated/α-hetero) is 1. The van der Waals surface area contributed by atoms with Crippen LogP contribution in [-0.4, -0.2) is 40.3 Å². The van der Waals surface area contributed by atoms with Crippen LogP contribution in [0.25, 0.3) is 0 Å². The van der Waals surface area contributed by atoms with Crippen molar-refractivity contribution in [2.24, 2.45) is 5.92 Å². The third-order valence-electron chi connectivity index (χ3n) is 1.23. The van der Waals surface area contributed by atoms with Gasteiger partial charge in [0.2, 0.25) is 5.78 Å². The topological polar surface area (TPSA) is 94.8 Å². The van der Waals surface area contributed by atoms with Gasteiger partial charge in [-0.2, -0.15) is 0 Å². The van der Waals surface area contributed by atoms with Crippen molar-refractivity contribution in [2.45, 2.75) is 6.42 Å². The molecule has 0 rings (SSSR count). The lowest BCUT2D eigenvalue weighted by Gasteiger charge is -2.06. The fourth-order valence-electron chi connectivity index (χ4n) is 0.536. The molecule has 0 aliphatic heterocycles. The van der Waals surface area contributed by atoms with Crippen LogP contribution in [0.1, 0.15) is 6.42 Å². The number of carboxylic acids is 1. The molecule has 0 aliphatic rings. The SMILES string of the molecule is O=C(O)C(=O)CC(CO)CO. The van der Waals surface area contributed by atoms with Crippen molar-refractivity contribution in [1.82, 2.24) is 0 Å². The standard InChI is InChI=1S/C6H10O5/c7-2-4(3-8)1-5(9)6(10)11/h4,7-8H,1-3H2,(H,10,11). The number of hydrogen-bond acceptors (Lipinski definition) is 4. The summed E-state index contributed by atoms with van der Waals surface area (Å²) in [6.07, 6.45) is -0.317.